The van der Waals surface area contributed by atoms with E-state index in [1.165, 1.54) is 55.4 Å². The van der Waals surface area contributed by atoms with Crippen LogP contribution in [-0.4, -0.2) is 158 Å². The molecule has 0 saturated heterocycles. The number of anilines is 3. The number of allylic oxidation sites excluding steroid dienone is 4. The summed E-state index contributed by atoms with van der Waals surface area (Å²) in [5, 5.41) is 32.7. The first-order chi connectivity index (χ1) is 61.1. The van der Waals surface area contributed by atoms with E-state index in [-0.39, 0.29) is 90.6 Å². The minimum absolute atomic E-state index is 0. The van der Waals surface area contributed by atoms with Gasteiger partial charge in [-0.3, -0.25) is 28.8 Å². The van der Waals surface area contributed by atoms with Gasteiger partial charge in [0.05, 0.1) is 100 Å². The van der Waals surface area contributed by atoms with Gasteiger partial charge >= 0.3 is 23.6 Å². The number of aliphatic hydroxyl groups excluding tert-OH is 1. The van der Waals surface area contributed by atoms with Crippen LogP contribution in [0.4, 0.5) is 34.4 Å². The van der Waals surface area contributed by atoms with Gasteiger partial charge in [-0.1, -0.05) is 109 Å². The number of amidine groups is 1. The third kappa shape index (κ3) is 30.1. The number of hydrogen-bond donors (Lipinski definition) is 4. The summed E-state index contributed by atoms with van der Waals surface area (Å²) >= 11 is 16.0. The van der Waals surface area contributed by atoms with Crippen LogP contribution < -0.4 is 24.3 Å². The number of aliphatic imine (C=N–C) groups is 4. The van der Waals surface area contributed by atoms with Gasteiger partial charge in [-0.05, 0) is 234 Å². The van der Waals surface area contributed by atoms with E-state index in [9.17, 15) is 35.5 Å². The molecular formula is C102H129Cl4IN11O11S2V+. The summed E-state index contributed by atoms with van der Waals surface area (Å²) in [4.78, 5) is 50.3. The second-order valence-electron chi connectivity index (χ2n) is 35.5. The van der Waals surface area contributed by atoms with Gasteiger partial charge in [0.25, 0.3) is 0 Å². The molecule has 0 atom stereocenters. The number of rotatable bonds is 28. The van der Waals surface area contributed by atoms with Crippen LogP contribution in [0.15, 0.2) is 241 Å². The van der Waals surface area contributed by atoms with Crippen molar-refractivity contribution in [3.63, 3.8) is 0 Å². The summed E-state index contributed by atoms with van der Waals surface area (Å²) in [7, 11) is -4.19. The maximum absolute atomic E-state index is 11.1. The maximum atomic E-state index is 11.1. The summed E-state index contributed by atoms with van der Waals surface area (Å²) in [6.07, 6.45) is 26.5. The second kappa shape index (κ2) is 51.1. The second-order valence-corrected chi connectivity index (χ2v) is 40.5. The number of aromatic nitrogens is 2. The Bertz CT molecular complexity index is 5780. The van der Waals surface area contributed by atoms with Crippen LogP contribution >= 0.6 is 70.6 Å². The van der Waals surface area contributed by atoms with E-state index in [1.54, 1.807) is 6.92 Å². The molecular weight excluding hydrogens is 1940 g/mol. The molecule has 1 aliphatic carbocycles. The van der Waals surface area contributed by atoms with Crippen molar-refractivity contribution in [2.45, 2.75) is 195 Å². The largest absolute Gasteiger partial charge is 0.748 e. The Morgan fingerprint density at radius 1 is 0.644 bits per heavy atom. The van der Waals surface area contributed by atoms with E-state index < -0.39 is 37.6 Å². The molecule has 4 N–H and O–H groups in total. The zero-order valence-electron chi connectivity index (χ0n) is 78.5. The van der Waals surface area contributed by atoms with Crippen LogP contribution in [0.2, 0.25) is 0 Å². The fraction of sp³-hybridized carbons (Fsp3) is 0.402. The van der Waals surface area contributed by atoms with Crippen LogP contribution in [0.1, 0.15) is 193 Å². The molecule has 0 spiro atoms. The number of halogens is 5. The van der Waals surface area contributed by atoms with E-state index in [2.05, 4.69) is 227 Å². The number of carbonyl (C=O) groups is 2. The van der Waals surface area contributed by atoms with Gasteiger partial charge in [0.2, 0.25) is 0 Å². The number of fused-ring (bicyclic) bond motifs is 8. The fourth-order valence-corrected chi connectivity index (χ4v) is 18.4. The molecule has 0 unspecified atom stereocenters. The van der Waals surface area contributed by atoms with Gasteiger partial charge in [0, 0.05) is 154 Å². The van der Waals surface area contributed by atoms with E-state index in [1.807, 2.05) is 137 Å². The zero-order chi connectivity index (χ0) is 94.3. The van der Waals surface area contributed by atoms with Crippen molar-refractivity contribution in [1.29, 1.82) is 0 Å². The summed E-state index contributed by atoms with van der Waals surface area (Å²) in [6.45, 7) is 37.7. The number of aryl methyl sites for hydroxylation is 3. The zero-order valence-corrected chi connectivity index (χ0v) is 86.9. The third-order valence-corrected chi connectivity index (χ3v) is 26.4. The topological polar surface area (TPSA) is 291 Å². The predicted molar refractivity (Wildman–Crippen MR) is 549 cm³/mol. The van der Waals surface area contributed by atoms with Gasteiger partial charge in [-0.25, -0.2) is 31.0 Å². The summed E-state index contributed by atoms with van der Waals surface area (Å²) in [5.41, 5.74) is 20.3. The number of carboxylic acid groups (broad SMARTS) is 2. The number of nitrogens with zero attached hydrogens (tertiary/aromatic N) is 10. The first-order valence-electron chi connectivity index (χ1n) is 44.1. The Labute approximate surface area is 831 Å². The first-order valence-corrected chi connectivity index (χ1v) is 49.2. The number of carboxylic acids is 2. The van der Waals surface area contributed by atoms with E-state index >= 15 is 0 Å². The predicted octanol–water partition coefficient (Wildman–Crippen LogP) is 21.4. The summed E-state index contributed by atoms with van der Waals surface area (Å²) < 4.78 is 71.0. The van der Waals surface area contributed by atoms with Crippen molar-refractivity contribution < 1.29 is 78.5 Å². The molecule has 14 rings (SSSR count). The van der Waals surface area contributed by atoms with Crippen LogP contribution in [0.25, 0.3) is 10.8 Å². The molecule has 22 nitrogen and oxygen atoms in total. The number of para-hydroxylation sites is 2. The van der Waals surface area contributed by atoms with Crippen molar-refractivity contribution >= 4 is 171 Å². The Hall–Kier alpha value is -8.23. The maximum Gasteiger partial charge on any atom is 0.327 e. The average molecular weight is 2070 g/mol. The molecule has 7 aliphatic rings. The standard InChI is InChI=1S/C43H52ClN5O5S.C21H24NO2.C20H20ClN3.C14H20N2O3S.C2H4I.C2H6O.2ClH.V/c1-29-15-18-33-30(25-29)16-19-35-38(33)43(4,5)41(49(35)23-9-7-8-14-37(50)51)45-26-32-28-47(6)27-31(39(32)44)17-20-36-42(2,3)34-13-12-22-48(40(34)46-36)21-10-11-24-55(52,53)54;1-14-8-10-17-16(13-14)9-11-18-20(17)21(3,4)15(2)22(18)12-6-5-7-19(23)24;1-24-14-16(12-22-18-8-4-2-5-9-18)20(21)17(15-24)13-23-19-10-6-3-7-11-19;1-11-14(2,3)12-7-6-9-16(13(12)15-11)8-4-5-10-20(17,18)19;2*1-2-3;;;/h12-13,15-20,22,25-26H,7-11,14,21,23-24,27-28H2,1-6H3,(H-,50,51,52,53,54);8-11,13H,2,5-7,12H2,1,3-4H3;2-13,22H,14-15H2,1H3;6-7,9H,4-5,8,10H2,1-3H3;2H,1H3;3H,2H2,1H3;2*1H;/q;+1;;;-1;;;;/p+1/b;;16-12+,23-13?;;;;;;. The van der Waals surface area contributed by atoms with E-state index in [0.29, 0.717) is 69.7 Å². The monoisotopic (exact) mass is 2070 g/mol. The molecule has 5 aromatic carbocycles. The van der Waals surface area contributed by atoms with Gasteiger partial charge in [0.15, 0.2) is 16.8 Å². The van der Waals surface area contributed by atoms with Crippen molar-refractivity contribution in [2.24, 2.45) is 20.0 Å². The van der Waals surface area contributed by atoms with Crippen molar-refractivity contribution in [3.05, 3.63) is 277 Å². The number of pyridine rings is 2. The SMILES string of the molecule is C=C1N(CCCCC(=O)O)c2ccc3c(c2C1(C)C)[CH+]C=C(C)[CH+]3.CC1=Nc2c(ccc[n+]2CCCCS(=O)(=O)[O-])C1(C)C.CCO.CN1CC(C=Nc2ccccc2)=C(Cl)/C(=C/Nc2ccccc2)C1.C[CH-]I.Cc1ccc2c3c(ccc2c1)N(CCCCCC(=O)O)C(=NC=C1CN(C)CC(C=CC2=Nc4c(ccc[n+]4CCCCS(=O)(=O)[O-])C2(C)C)=C1Cl)C3(C)C.Cl.Cl.[V]. The summed E-state index contributed by atoms with van der Waals surface area (Å²) in [5.74, 6) is 0.576. The van der Waals surface area contributed by atoms with Crippen LogP contribution in [0.3, 0.4) is 0 Å². The van der Waals surface area contributed by atoms with Crippen LogP contribution in [-0.2, 0) is 83.1 Å². The molecule has 7 aromatic rings. The summed E-state index contributed by atoms with van der Waals surface area (Å²) in [6, 6.07) is 43.4. The molecule has 6 aliphatic heterocycles. The molecule has 709 valence electrons. The van der Waals surface area contributed by atoms with Crippen molar-refractivity contribution in [2.75, 3.05) is 86.6 Å². The van der Waals surface area contributed by atoms with Gasteiger partial charge in [-0.2, -0.15) is 6.92 Å². The van der Waals surface area contributed by atoms with E-state index in [0.717, 1.165) is 130 Å². The Balaban J connectivity index is 0.000000290. The molecule has 132 heavy (non-hydrogen) atoms. The molecule has 30 heteroatoms. The van der Waals surface area contributed by atoms with Crippen LogP contribution in [0.5, 0.6) is 0 Å². The molecule has 0 fully saturated rings. The smallest absolute Gasteiger partial charge is 0.327 e. The first kappa shape index (κ1) is 113. The molecule has 8 heterocycles. The number of aliphatic hydroxyl groups is 1. The minimum Gasteiger partial charge on any atom is -0.748 e. The van der Waals surface area contributed by atoms with Gasteiger partial charge in [-0.15, -0.1) is 24.8 Å². The van der Waals surface area contributed by atoms with E-state index in [4.69, 9.17) is 48.5 Å². The van der Waals surface area contributed by atoms with Crippen molar-refractivity contribution in [1.82, 2.24) is 9.80 Å². The van der Waals surface area contributed by atoms with Gasteiger partial charge < -0.3 is 62.1 Å². The number of aliphatic carboxylic acids is 2. The minimum atomic E-state index is -4.23. The molecule has 0 bridgehead atoms. The number of benzene rings is 5. The normalized spacial score (nSPS) is 17.4. The molecule has 0 saturated carbocycles. The quantitative estimate of drug-likeness (QED) is 0.00885. The van der Waals surface area contributed by atoms with Crippen LogP contribution in [0, 0.1) is 24.2 Å². The Morgan fingerprint density at radius 3 is 1.76 bits per heavy atom. The number of nitrogens with one attached hydrogen (secondary N) is 1. The Morgan fingerprint density at radius 2 is 1.17 bits per heavy atom. The number of unbranched alkanes of at least 4 members (excludes halogenated alkanes) is 5. The number of hydrogen-bond acceptors (Lipinski definition) is 17. The fourth-order valence-electron chi connectivity index (χ4n) is 16.8. The van der Waals surface area contributed by atoms with Crippen molar-refractivity contribution in [3.8, 4) is 0 Å². The molecule has 1 radical (unpaired) electrons. The third-order valence-electron chi connectivity index (χ3n) is 23.8. The Kier molecular flexibility index (Phi) is 43.5. The average Bonchev–Trinajstić information content (AvgIpc) is 1.57. The number of likely N-dealkylation sites (N-methyl/N-ethyl adjacent to an activating group) is 2. The molecule has 0 amide bonds. The van der Waals surface area contributed by atoms with Gasteiger partial charge in [0.1, 0.15) is 47.3 Å². The molecule has 2 aromatic heterocycles.